The Morgan fingerprint density at radius 3 is 2.64 bits per heavy atom. The number of nitrogens with one attached hydrogen (secondary N) is 2. The van der Waals surface area contributed by atoms with Gasteiger partial charge in [0.1, 0.15) is 18.1 Å². The van der Waals surface area contributed by atoms with Gasteiger partial charge in [-0.15, -0.1) is 0 Å². The molecule has 5 atom stereocenters. The number of rotatable bonds is 6. The van der Waals surface area contributed by atoms with Crippen molar-refractivity contribution >= 4 is 6.03 Å². The molecule has 0 radical (unpaired) electrons. The second-order valence-electron chi connectivity index (χ2n) is 7.68. The van der Waals surface area contributed by atoms with Crippen LogP contribution >= 0.6 is 0 Å². The second kappa shape index (κ2) is 7.14. The summed E-state index contributed by atoms with van der Waals surface area (Å²) in [5.74, 6) is 5.01. The number of ether oxygens (including phenoxy) is 2. The van der Waals surface area contributed by atoms with Crippen molar-refractivity contribution in [1.29, 1.82) is 0 Å². The van der Waals surface area contributed by atoms with Crippen LogP contribution in [0.15, 0.2) is 24.3 Å². The number of amides is 2. The van der Waals surface area contributed by atoms with Gasteiger partial charge in [0, 0.05) is 6.04 Å². The van der Waals surface area contributed by atoms with Crippen LogP contribution in [-0.4, -0.2) is 32.3 Å². The van der Waals surface area contributed by atoms with Crippen LogP contribution in [0.1, 0.15) is 32.1 Å². The molecule has 2 bridgehead atoms. The third kappa shape index (κ3) is 3.42. The summed E-state index contributed by atoms with van der Waals surface area (Å²) in [4.78, 5) is 12.2. The van der Waals surface area contributed by atoms with Gasteiger partial charge in [0.2, 0.25) is 0 Å². The molecule has 3 aliphatic carbocycles. The molecule has 25 heavy (non-hydrogen) atoms. The van der Waals surface area contributed by atoms with Crippen molar-refractivity contribution in [3.05, 3.63) is 24.3 Å². The Morgan fingerprint density at radius 2 is 1.84 bits per heavy atom. The fourth-order valence-corrected chi connectivity index (χ4v) is 5.46. The molecule has 5 heteroatoms. The number of urea groups is 1. The SMILES string of the molecule is COc1ccc(OCCNC(=O)N[C@@H]2C[C@H]3C[C@H]2[C@H]2CCC[C@@H]32)cc1. The zero-order valence-electron chi connectivity index (χ0n) is 14.9. The van der Waals surface area contributed by atoms with Crippen molar-refractivity contribution < 1.29 is 14.3 Å². The maximum absolute atomic E-state index is 12.2. The van der Waals surface area contributed by atoms with Crippen molar-refractivity contribution in [3.8, 4) is 11.5 Å². The number of hydrogen-bond donors (Lipinski definition) is 2. The molecule has 0 heterocycles. The summed E-state index contributed by atoms with van der Waals surface area (Å²) in [6, 6.07) is 7.79. The average Bonchev–Trinajstić information content (AvgIpc) is 3.32. The van der Waals surface area contributed by atoms with E-state index in [-0.39, 0.29) is 6.03 Å². The smallest absolute Gasteiger partial charge is 0.315 e. The summed E-state index contributed by atoms with van der Waals surface area (Å²) < 4.78 is 10.7. The lowest BCUT2D eigenvalue weighted by atomic mass is 9.79. The summed E-state index contributed by atoms with van der Waals surface area (Å²) in [5.41, 5.74) is 0. The Hall–Kier alpha value is -1.91. The van der Waals surface area contributed by atoms with Gasteiger partial charge in [-0.05, 0) is 73.6 Å². The molecule has 2 N–H and O–H groups in total. The Bertz CT molecular complexity index is 603. The van der Waals surface area contributed by atoms with Gasteiger partial charge in [-0.1, -0.05) is 6.42 Å². The number of hydrogen-bond acceptors (Lipinski definition) is 3. The maximum Gasteiger partial charge on any atom is 0.315 e. The number of benzene rings is 1. The van der Waals surface area contributed by atoms with Crippen LogP contribution in [0.2, 0.25) is 0 Å². The topological polar surface area (TPSA) is 59.6 Å². The number of carbonyl (C=O) groups is 1. The van der Waals surface area contributed by atoms with Gasteiger partial charge in [-0.2, -0.15) is 0 Å². The first-order valence-electron chi connectivity index (χ1n) is 9.56. The van der Waals surface area contributed by atoms with E-state index < -0.39 is 0 Å². The molecule has 1 aromatic carbocycles. The summed E-state index contributed by atoms with van der Waals surface area (Å²) in [6.07, 6.45) is 6.71. The molecule has 3 saturated carbocycles. The Morgan fingerprint density at radius 1 is 1.08 bits per heavy atom. The monoisotopic (exact) mass is 344 g/mol. The van der Waals surface area contributed by atoms with Crippen molar-refractivity contribution in [2.24, 2.45) is 23.7 Å². The van der Waals surface area contributed by atoms with Crippen LogP contribution in [-0.2, 0) is 0 Å². The predicted molar refractivity (Wildman–Crippen MR) is 95.9 cm³/mol. The lowest BCUT2D eigenvalue weighted by Gasteiger charge is -2.32. The van der Waals surface area contributed by atoms with Gasteiger partial charge in [-0.3, -0.25) is 0 Å². The molecule has 0 spiro atoms. The largest absolute Gasteiger partial charge is 0.497 e. The minimum Gasteiger partial charge on any atom is -0.497 e. The highest BCUT2D eigenvalue weighted by molar-refractivity contribution is 5.74. The molecule has 3 aliphatic rings. The third-order valence-electron chi connectivity index (χ3n) is 6.46. The lowest BCUT2D eigenvalue weighted by molar-refractivity contribution is 0.196. The average molecular weight is 344 g/mol. The first kappa shape index (κ1) is 16.6. The van der Waals surface area contributed by atoms with Gasteiger partial charge in [0.25, 0.3) is 0 Å². The zero-order valence-corrected chi connectivity index (χ0v) is 14.9. The zero-order chi connectivity index (χ0) is 17.2. The molecule has 4 rings (SSSR count). The van der Waals surface area contributed by atoms with Crippen molar-refractivity contribution in [2.45, 2.75) is 38.1 Å². The number of carbonyl (C=O) groups excluding carboxylic acids is 1. The van der Waals surface area contributed by atoms with E-state index in [0.29, 0.717) is 19.2 Å². The minimum absolute atomic E-state index is 0.0505. The molecule has 0 unspecified atom stereocenters. The molecular weight excluding hydrogens is 316 g/mol. The van der Waals surface area contributed by atoms with E-state index in [9.17, 15) is 4.79 Å². The van der Waals surface area contributed by atoms with E-state index in [4.69, 9.17) is 9.47 Å². The molecule has 5 nitrogen and oxygen atoms in total. The first-order chi connectivity index (χ1) is 12.2. The van der Waals surface area contributed by atoms with Crippen molar-refractivity contribution in [2.75, 3.05) is 20.3 Å². The highest BCUT2D eigenvalue weighted by atomic mass is 16.5. The van der Waals surface area contributed by atoms with Crippen LogP contribution in [0.25, 0.3) is 0 Å². The molecule has 3 fully saturated rings. The third-order valence-corrected chi connectivity index (χ3v) is 6.46. The molecule has 0 saturated heterocycles. The fraction of sp³-hybridized carbons (Fsp3) is 0.650. The van der Waals surface area contributed by atoms with E-state index in [1.165, 1.54) is 32.1 Å². The van der Waals surface area contributed by atoms with Gasteiger partial charge in [-0.25, -0.2) is 4.79 Å². The Labute approximate surface area is 149 Å². The van der Waals surface area contributed by atoms with Crippen LogP contribution in [0.3, 0.4) is 0 Å². The Kier molecular flexibility index (Phi) is 4.73. The highest BCUT2D eigenvalue weighted by Gasteiger charge is 2.53. The Balaban J connectivity index is 1.16. The maximum atomic E-state index is 12.2. The van der Waals surface area contributed by atoms with E-state index in [0.717, 1.165) is 35.2 Å². The van der Waals surface area contributed by atoms with E-state index in [1.54, 1.807) is 7.11 Å². The normalized spacial score (nSPS) is 32.3. The fourth-order valence-electron chi connectivity index (χ4n) is 5.46. The molecule has 0 aromatic heterocycles. The first-order valence-corrected chi connectivity index (χ1v) is 9.56. The summed E-state index contributed by atoms with van der Waals surface area (Å²) in [7, 11) is 1.64. The van der Waals surface area contributed by atoms with E-state index >= 15 is 0 Å². The second-order valence-corrected chi connectivity index (χ2v) is 7.68. The van der Waals surface area contributed by atoms with Crippen LogP contribution in [0.5, 0.6) is 11.5 Å². The van der Waals surface area contributed by atoms with Gasteiger partial charge < -0.3 is 20.1 Å². The quantitative estimate of drug-likeness (QED) is 0.779. The van der Waals surface area contributed by atoms with E-state index in [1.807, 2.05) is 24.3 Å². The molecular formula is C20H28N2O3. The lowest BCUT2D eigenvalue weighted by Crippen LogP contribution is -2.47. The molecule has 0 aliphatic heterocycles. The molecule has 1 aromatic rings. The summed E-state index contributed by atoms with van der Waals surface area (Å²) in [5, 5.41) is 6.14. The standard InChI is InChI=1S/C20H28N2O3/c1-24-14-5-7-15(8-6-14)25-10-9-21-20(23)22-19-12-13-11-18(19)17-4-2-3-16(13)17/h5-8,13,16-19H,2-4,9-12H2,1H3,(H2,21,22,23)/t13-,16+,17+,18+,19-/m1/s1. The summed E-state index contributed by atoms with van der Waals surface area (Å²) in [6.45, 7) is 0.964. The van der Waals surface area contributed by atoms with Crippen molar-refractivity contribution in [3.63, 3.8) is 0 Å². The van der Waals surface area contributed by atoms with Crippen LogP contribution in [0.4, 0.5) is 4.79 Å². The van der Waals surface area contributed by atoms with Crippen LogP contribution < -0.4 is 20.1 Å². The van der Waals surface area contributed by atoms with Crippen LogP contribution in [0, 0.1) is 23.7 Å². The van der Waals surface area contributed by atoms with Crippen molar-refractivity contribution in [1.82, 2.24) is 10.6 Å². The van der Waals surface area contributed by atoms with E-state index in [2.05, 4.69) is 10.6 Å². The van der Waals surface area contributed by atoms with Gasteiger partial charge in [0.05, 0.1) is 13.7 Å². The molecule has 2 amide bonds. The highest BCUT2D eigenvalue weighted by Crippen LogP contribution is 2.58. The number of methoxy groups -OCH3 is 1. The summed E-state index contributed by atoms with van der Waals surface area (Å²) >= 11 is 0. The molecule has 136 valence electrons. The minimum atomic E-state index is -0.0505. The predicted octanol–water partition coefficient (Wildman–Crippen LogP) is 3.20. The number of fused-ring (bicyclic) bond motifs is 5. The van der Waals surface area contributed by atoms with Gasteiger partial charge >= 0.3 is 6.03 Å². The van der Waals surface area contributed by atoms with Gasteiger partial charge in [0.15, 0.2) is 0 Å².